The van der Waals surface area contributed by atoms with Crippen LogP contribution in [-0.2, 0) is 33.3 Å². The highest BCUT2D eigenvalue weighted by atomic mass is 16.7. The fourth-order valence-corrected chi connectivity index (χ4v) is 4.92. The first-order chi connectivity index (χ1) is 25.1. The summed E-state index contributed by atoms with van der Waals surface area (Å²) in [5, 5.41) is 11.6. The van der Waals surface area contributed by atoms with Crippen molar-refractivity contribution in [1.29, 1.82) is 0 Å². The van der Waals surface area contributed by atoms with E-state index in [0.29, 0.717) is 23.9 Å². The third-order valence-corrected chi connectivity index (χ3v) is 8.03. The molecule has 0 aliphatic carbocycles. The van der Waals surface area contributed by atoms with Crippen LogP contribution in [0.3, 0.4) is 0 Å². The van der Waals surface area contributed by atoms with Crippen molar-refractivity contribution in [3.05, 3.63) is 60.8 Å². The Bertz CT molecular complexity index is 1040. The van der Waals surface area contributed by atoms with Gasteiger partial charge in [0.05, 0.1) is 40.3 Å². The van der Waals surface area contributed by atoms with E-state index in [-0.39, 0.29) is 38.6 Å². The van der Waals surface area contributed by atoms with E-state index in [0.717, 1.165) is 51.4 Å². The zero-order valence-electron chi connectivity index (χ0n) is 33.4. The van der Waals surface area contributed by atoms with E-state index in [4.69, 9.17) is 18.9 Å². The minimum atomic E-state index is -1.63. The van der Waals surface area contributed by atoms with Crippen LogP contribution in [0.2, 0.25) is 0 Å². The number of nitrogens with zero attached hydrogens (tertiary/aromatic N) is 1. The van der Waals surface area contributed by atoms with Gasteiger partial charge in [-0.3, -0.25) is 9.59 Å². The molecule has 0 aromatic rings. The fraction of sp³-hybridized carbons (Fsp3) is 0.698. The monoisotopic (exact) mass is 732 g/mol. The van der Waals surface area contributed by atoms with Crippen LogP contribution in [-0.4, -0.2) is 82.3 Å². The quantitative estimate of drug-likeness (QED) is 0.0210. The van der Waals surface area contributed by atoms with Crippen molar-refractivity contribution in [1.82, 2.24) is 0 Å². The van der Waals surface area contributed by atoms with Gasteiger partial charge < -0.3 is 33.3 Å². The van der Waals surface area contributed by atoms with Crippen molar-refractivity contribution in [2.45, 2.75) is 148 Å². The van der Waals surface area contributed by atoms with E-state index >= 15 is 0 Å². The Morgan fingerprint density at radius 1 is 0.596 bits per heavy atom. The van der Waals surface area contributed by atoms with Gasteiger partial charge in [-0.25, -0.2) is 0 Å². The predicted octanol–water partition coefficient (Wildman–Crippen LogP) is 8.49. The number of hydrogen-bond acceptors (Lipinski definition) is 8. The molecule has 2 unspecified atom stereocenters. The molecule has 0 aromatic carbocycles. The normalized spacial score (nSPS) is 13.6. The molecule has 0 N–H and O–H groups in total. The number of esters is 2. The van der Waals surface area contributed by atoms with Crippen LogP contribution in [0.5, 0.6) is 0 Å². The summed E-state index contributed by atoms with van der Waals surface area (Å²) in [5.41, 5.74) is 0. The maximum atomic E-state index is 12.7. The number of hydrogen-bond donors (Lipinski definition) is 0. The molecule has 0 amide bonds. The van der Waals surface area contributed by atoms with Gasteiger partial charge in [-0.1, -0.05) is 132 Å². The molecule has 0 saturated heterocycles. The zero-order chi connectivity index (χ0) is 38.5. The molecule has 0 aliphatic heterocycles. The molecular weight excluding hydrogens is 658 g/mol. The molecule has 9 nitrogen and oxygen atoms in total. The highest BCUT2D eigenvalue weighted by molar-refractivity contribution is 5.70. The number of aliphatic carboxylic acids is 1. The van der Waals surface area contributed by atoms with Crippen molar-refractivity contribution in [3.8, 4) is 0 Å². The predicted molar refractivity (Wildman–Crippen MR) is 209 cm³/mol. The Hall–Kier alpha value is -3.01. The number of quaternary nitrogens is 1. The molecule has 0 fully saturated rings. The molecule has 0 aliphatic rings. The average Bonchev–Trinajstić information content (AvgIpc) is 3.09. The zero-order valence-corrected chi connectivity index (χ0v) is 33.4. The second-order valence-corrected chi connectivity index (χ2v) is 14.2. The average molecular weight is 732 g/mol. The third-order valence-electron chi connectivity index (χ3n) is 8.03. The Labute approximate surface area is 316 Å². The van der Waals surface area contributed by atoms with Crippen molar-refractivity contribution in [2.24, 2.45) is 0 Å². The van der Waals surface area contributed by atoms with Crippen molar-refractivity contribution in [3.63, 3.8) is 0 Å². The lowest BCUT2D eigenvalue weighted by Gasteiger charge is -2.26. The van der Waals surface area contributed by atoms with Crippen LogP contribution >= 0.6 is 0 Å². The van der Waals surface area contributed by atoms with Gasteiger partial charge in [0.25, 0.3) is 0 Å². The number of carbonyl (C=O) groups is 3. The second-order valence-electron chi connectivity index (χ2n) is 14.2. The Morgan fingerprint density at radius 3 is 1.62 bits per heavy atom. The lowest BCUT2D eigenvalue weighted by molar-refractivity contribution is -0.870. The maximum absolute atomic E-state index is 12.7. The highest BCUT2D eigenvalue weighted by Crippen LogP contribution is 2.12. The SMILES string of the molecule is CC/C=C\C/C=C\C/C=C\C/C=C\C/C=C\CCCC(=O)OC(COC(=O)CCCCCCCCCCCC)COC(OCC[N+](C)(C)C)C(=O)[O-]. The van der Waals surface area contributed by atoms with Crippen LogP contribution in [0.25, 0.3) is 0 Å². The lowest BCUT2D eigenvalue weighted by Crippen LogP contribution is -2.44. The summed E-state index contributed by atoms with van der Waals surface area (Å²) in [6, 6.07) is 0. The summed E-state index contributed by atoms with van der Waals surface area (Å²) in [6.45, 7) is 4.51. The van der Waals surface area contributed by atoms with E-state index in [9.17, 15) is 19.5 Å². The minimum absolute atomic E-state index is 0.135. The van der Waals surface area contributed by atoms with Gasteiger partial charge >= 0.3 is 11.9 Å². The summed E-state index contributed by atoms with van der Waals surface area (Å²) in [4.78, 5) is 36.7. The molecule has 0 saturated carbocycles. The molecular formula is C43H73NO8. The van der Waals surface area contributed by atoms with Gasteiger partial charge in [0.1, 0.15) is 13.2 Å². The molecule has 0 aromatic heterocycles. The van der Waals surface area contributed by atoms with E-state index in [1.54, 1.807) is 0 Å². The molecule has 0 spiro atoms. The molecule has 52 heavy (non-hydrogen) atoms. The molecule has 0 radical (unpaired) electrons. The third kappa shape index (κ3) is 35.4. The number of likely N-dealkylation sites (N-methyl/N-ethyl adjacent to an activating group) is 1. The van der Waals surface area contributed by atoms with E-state index < -0.39 is 24.3 Å². The largest absolute Gasteiger partial charge is 0.545 e. The van der Waals surface area contributed by atoms with Crippen LogP contribution in [0, 0.1) is 0 Å². The Morgan fingerprint density at radius 2 is 1.10 bits per heavy atom. The second kappa shape index (κ2) is 35.0. The lowest BCUT2D eigenvalue weighted by atomic mass is 10.1. The summed E-state index contributed by atoms with van der Waals surface area (Å²) in [7, 11) is 5.87. The van der Waals surface area contributed by atoms with Crippen LogP contribution < -0.4 is 5.11 Å². The number of carbonyl (C=O) groups excluding carboxylic acids is 3. The number of ether oxygens (including phenoxy) is 4. The number of carboxylic acids is 1. The molecule has 0 rings (SSSR count). The van der Waals surface area contributed by atoms with Crippen LogP contribution in [0.4, 0.5) is 0 Å². The van der Waals surface area contributed by atoms with E-state index in [2.05, 4.69) is 68.5 Å². The number of allylic oxidation sites excluding steroid dienone is 10. The smallest absolute Gasteiger partial charge is 0.306 e. The number of carboxylic acid groups (broad SMARTS) is 1. The van der Waals surface area contributed by atoms with Crippen LogP contribution in [0.15, 0.2) is 60.8 Å². The van der Waals surface area contributed by atoms with Crippen molar-refractivity contribution >= 4 is 17.9 Å². The molecule has 9 heteroatoms. The standard InChI is InChI=1S/C43H73NO8/c1-6-8-10-12-14-16-18-19-20-21-22-23-24-26-28-30-32-34-41(46)52-39(38-51-43(42(47)48)49-36-35-44(3,4)5)37-50-40(45)33-31-29-27-25-17-15-13-11-9-7-2/h8,10,14,16,19-20,22-23,26,28,39,43H,6-7,9,11-13,15,17-18,21,24-25,27,29-38H2,1-5H3/b10-8-,16-14-,20-19-,23-22-,28-26-. The fourth-order valence-electron chi connectivity index (χ4n) is 4.92. The topological polar surface area (TPSA) is 111 Å². The Balaban J connectivity index is 4.63. The van der Waals surface area contributed by atoms with E-state index in [1.165, 1.54) is 44.9 Å². The Kier molecular flexibility index (Phi) is 33.0. The van der Waals surface area contributed by atoms with Crippen LogP contribution in [0.1, 0.15) is 136 Å². The highest BCUT2D eigenvalue weighted by Gasteiger charge is 2.21. The van der Waals surface area contributed by atoms with Gasteiger partial charge in [0.15, 0.2) is 12.4 Å². The van der Waals surface area contributed by atoms with Gasteiger partial charge in [-0.05, 0) is 51.4 Å². The first kappa shape index (κ1) is 49.0. The summed E-state index contributed by atoms with van der Waals surface area (Å²) >= 11 is 0. The van der Waals surface area contributed by atoms with Gasteiger partial charge in [0.2, 0.25) is 0 Å². The number of rotatable bonds is 35. The van der Waals surface area contributed by atoms with Gasteiger partial charge in [0, 0.05) is 12.8 Å². The first-order valence-electron chi connectivity index (χ1n) is 19.9. The van der Waals surface area contributed by atoms with E-state index in [1.807, 2.05) is 27.2 Å². The number of unbranched alkanes of at least 4 members (excludes halogenated alkanes) is 10. The molecule has 0 heterocycles. The first-order valence-corrected chi connectivity index (χ1v) is 19.9. The minimum Gasteiger partial charge on any atom is -0.545 e. The maximum Gasteiger partial charge on any atom is 0.306 e. The summed E-state index contributed by atoms with van der Waals surface area (Å²) < 4.78 is 22.4. The van der Waals surface area contributed by atoms with Gasteiger partial charge in [-0.15, -0.1) is 0 Å². The summed E-state index contributed by atoms with van der Waals surface area (Å²) in [6.07, 6.45) is 36.9. The van der Waals surface area contributed by atoms with Crippen molar-refractivity contribution in [2.75, 3.05) is 47.5 Å². The summed E-state index contributed by atoms with van der Waals surface area (Å²) in [5.74, 6) is -2.38. The molecule has 298 valence electrons. The molecule has 2 atom stereocenters. The van der Waals surface area contributed by atoms with Gasteiger partial charge in [-0.2, -0.15) is 0 Å². The van der Waals surface area contributed by atoms with Crippen molar-refractivity contribution < 1.29 is 42.9 Å². The molecule has 0 bridgehead atoms.